The highest BCUT2D eigenvalue weighted by Gasteiger charge is 2.16. The lowest BCUT2D eigenvalue weighted by Gasteiger charge is -2.23. The second kappa shape index (κ2) is 6.81. The van der Waals surface area contributed by atoms with E-state index in [-0.39, 0.29) is 5.91 Å². The van der Waals surface area contributed by atoms with Gasteiger partial charge in [0.15, 0.2) is 0 Å². The third-order valence-corrected chi connectivity index (χ3v) is 4.09. The van der Waals surface area contributed by atoms with Crippen molar-refractivity contribution in [2.24, 2.45) is 0 Å². The van der Waals surface area contributed by atoms with E-state index < -0.39 is 0 Å². The maximum absolute atomic E-state index is 12.0. The van der Waals surface area contributed by atoms with Gasteiger partial charge in [0.1, 0.15) is 0 Å². The largest absolute Gasteiger partial charge is 0.353 e. The molecule has 98 valence electrons. The van der Waals surface area contributed by atoms with Gasteiger partial charge in [-0.05, 0) is 43.8 Å². The van der Waals surface area contributed by atoms with Crippen LogP contribution in [0.1, 0.15) is 18.4 Å². The minimum Gasteiger partial charge on any atom is -0.353 e. The van der Waals surface area contributed by atoms with Crippen LogP contribution < -0.4 is 10.6 Å². The number of benzene rings is 1. The Bertz CT molecular complexity index is 403. The summed E-state index contributed by atoms with van der Waals surface area (Å²) in [5.41, 5.74) is 1.12. The molecule has 0 bridgehead atoms. The minimum absolute atomic E-state index is 0.142. The van der Waals surface area contributed by atoms with Crippen LogP contribution >= 0.6 is 11.8 Å². The molecule has 1 aliphatic rings. The Morgan fingerprint density at radius 3 is 2.83 bits per heavy atom. The van der Waals surface area contributed by atoms with Crippen LogP contribution in [0.4, 0.5) is 0 Å². The van der Waals surface area contributed by atoms with Crippen molar-refractivity contribution in [3.05, 3.63) is 29.8 Å². The predicted molar refractivity (Wildman–Crippen MR) is 76.0 cm³/mol. The van der Waals surface area contributed by atoms with Crippen LogP contribution in [-0.4, -0.2) is 31.3 Å². The first kappa shape index (κ1) is 13.4. The van der Waals surface area contributed by atoms with Crippen molar-refractivity contribution in [2.45, 2.75) is 30.2 Å². The number of thioether (sulfide) groups is 1. The molecule has 2 N–H and O–H groups in total. The van der Waals surface area contributed by atoms with E-state index in [1.165, 1.54) is 4.90 Å². The van der Waals surface area contributed by atoms with E-state index >= 15 is 0 Å². The number of carbonyl (C=O) groups excluding carboxylic acids is 1. The van der Waals surface area contributed by atoms with Crippen LogP contribution in [0, 0.1) is 0 Å². The van der Waals surface area contributed by atoms with Gasteiger partial charge in [-0.3, -0.25) is 4.79 Å². The molecule has 1 aliphatic heterocycles. The molecule has 0 saturated carbocycles. The third kappa shape index (κ3) is 3.75. The fourth-order valence-corrected chi connectivity index (χ4v) is 2.88. The first-order valence-corrected chi connectivity index (χ1v) is 7.64. The summed E-state index contributed by atoms with van der Waals surface area (Å²) in [5.74, 6) is 0.142. The standard InChI is InChI=1S/C14H20N2OS/c1-18-13-5-3-2-4-11(13)10-14(17)16-12-6-8-15-9-7-12/h2-5,12,15H,6-10H2,1H3,(H,16,17). The summed E-state index contributed by atoms with van der Waals surface area (Å²) in [6.07, 6.45) is 4.61. The number of rotatable bonds is 4. The highest BCUT2D eigenvalue weighted by Crippen LogP contribution is 2.20. The molecule has 1 aromatic rings. The van der Waals surface area contributed by atoms with E-state index in [1.54, 1.807) is 11.8 Å². The number of nitrogens with one attached hydrogen (secondary N) is 2. The lowest BCUT2D eigenvalue weighted by atomic mass is 10.1. The van der Waals surface area contributed by atoms with Crippen LogP contribution in [0.15, 0.2) is 29.2 Å². The van der Waals surface area contributed by atoms with E-state index in [0.717, 1.165) is 31.5 Å². The SMILES string of the molecule is CSc1ccccc1CC(=O)NC1CCNCC1. The first-order chi connectivity index (χ1) is 8.79. The Morgan fingerprint density at radius 1 is 1.39 bits per heavy atom. The van der Waals surface area contributed by atoms with Gasteiger partial charge in [-0.1, -0.05) is 18.2 Å². The number of hydrogen-bond acceptors (Lipinski definition) is 3. The molecule has 0 aliphatic carbocycles. The number of amides is 1. The summed E-state index contributed by atoms with van der Waals surface area (Å²) in [6.45, 7) is 2.01. The van der Waals surface area contributed by atoms with E-state index in [2.05, 4.69) is 16.7 Å². The summed E-state index contributed by atoms with van der Waals surface area (Å²) in [6, 6.07) is 8.46. The summed E-state index contributed by atoms with van der Waals surface area (Å²) in [4.78, 5) is 13.2. The van der Waals surface area contributed by atoms with Crippen LogP contribution in [-0.2, 0) is 11.2 Å². The summed E-state index contributed by atoms with van der Waals surface area (Å²) in [7, 11) is 0. The van der Waals surface area contributed by atoms with E-state index in [4.69, 9.17) is 0 Å². The van der Waals surface area contributed by atoms with E-state index in [1.807, 2.05) is 24.5 Å². The fraction of sp³-hybridized carbons (Fsp3) is 0.500. The number of carbonyl (C=O) groups is 1. The van der Waals surface area contributed by atoms with Crippen molar-refractivity contribution in [1.82, 2.24) is 10.6 Å². The van der Waals surface area contributed by atoms with Gasteiger partial charge in [-0.15, -0.1) is 11.8 Å². The maximum atomic E-state index is 12.0. The van der Waals surface area contributed by atoms with Crippen molar-refractivity contribution >= 4 is 17.7 Å². The topological polar surface area (TPSA) is 41.1 Å². The molecule has 4 heteroatoms. The van der Waals surface area contributed by atoms with E-state index in [0.29, 0.717) is 12.5 Å². The van der Waals surface area contributed by atoms with Gasteiger partial charge in [-0.2, -0.15) is 0 Å². The maximum Gasteiger partial charge on any atom is 0.224 e. The molecule has 0 unspecified atom stereocenters. The predicted octanol–water partition coefficient (Wildman–Crippen LogP) is 1.82. The third-order valence-electron chi connectivity index (χ3n) is 3.25. The summed E-state index contributed by atoms with van der Waals surface area (Å²) in [5, 5.41) is 6.43. The molecule has 1 aromatic carbocycles. The molecule has 2 rings (SSSR count). The molecule has 1 heterocycles. The van der Waals surface area contributed by atoms with Crippen LogP contribution in [0.5, 0.6) is 0 Å². The normalized spacial score (nSPS) is 16.5. The zero-order valence-electron chi connectivity index (χ0n) is 10.7. The molecular formula is C14H20N2OS. The van der Waals surface area contributed by atoms with Crippen LogP contribution in [0.3, 0.4) is 0 Å². The Labute approximate surface area is 113 Å². The minimum atomic E-state index is 0.142. The lowest BCUT2D eigenvalue weighted by Crippen LogP contribution is -2.43. The number of hydrogen-bond donors (Lipinski definition) is 2. The van der Waals surface area contributed by atoms with Crippen molar-refractivity contribution in [1.29, 1.82) is 0 Å². The van der Waals surface area contributed by atoms with Gasteiger partial charge in [0.2, 0.25) is 5.91 Å². The van der Waals surface area contributed by atoms with Gasteiger partial charge < -0.3 is 10.6 Å². The van der Waals surface area contributed by atoms with Gasteiger partial charge in [0, 0.05) is 10.9 Å². The molecule has 1 saturated heterocycles. The van der Waals surface area contributed by atoms with Gasteiger partial charge in [0.05, 0.1) is 6.42 Å². The lowest BCUT2D eigenvalue weighted by molar-refractivity contribution is -0.121. The van der Waals surface area contributed by atoms with Gasteiger partial charge >= 0.3 is 0 Å². The van der Waals surface area contributed by atoms with Crippen molar-refractivity contribution < 1.29 is 4.79 Å². The second-order valence-electron chi connectivity index (χ2n) is 4.58. The van der Waals surface area contributed by atoms with Crippen LogP contribution in [0.25, 0.3) is 0 Å². The highest BCUT2D eigenvalue weighted by molar-refractivity contribution is 7.98. The number of piperidine rings is 1. The summed E-state index contributed by atoms with van der Waals surface area (Å²) >= 11 is 1.69. The van der Waals surface area contributed by atoms with Crippen molar-refractivity contribution in [3.8, 4) is 0 Å². The Kier molecular flexibility index (Phi) is 5.08. The Hall–Kier alpha value is -1.00. The molecule has 0 radical (unpaired) electrons. The monoisotopic (exact) mass is 264 g/mol. The molecule has 0 aromatic heterocycles. The molecule has 0 spiro atoms. The van der Waals surface area contributed by atoms with Crippen molar-refractivity contribution in [3.63, 3.8) is 0 Å². The highest BCUT2D eigenvalue weighted by atomic mass is 32.2. The van der Waals surface area contributed by atoms with Crippen LogP contribution in [0.2, 0.25) is 0 Å². The molecule has 18 heavy (non-hydrogen) atoms. The average Bonchev–Trinajstić information content (AvgIpc) is 2.40. The Morgan fingerprint density at radius 2 is 2.11 bits per heavy atom. The molecular weight excluding hydrogens is 244 g/mol. The quantitative estimate of drug-likeness (QED) is 0.815. The Balaban J connectivity index is 1.90. The zero-order valence-corrected chi connectivity index (χ0v) is 11.6. The summed E-state index contributed by atoms with van der Waals surface area (Å²) < 4.78 is 0. The van der Waals surface area contributed by atoms with Crippen molar-refractivity contribution in [2.75, 3.05) is 19.3 Å². The smallest absolute Gasteiger partial charge is 0.224 e. The second-order valence-corrected chi connectivity index (χ2v) is 5.43. The average molecular weight is 264 g/mol. The molecule has 1 fully saturated rings. The van der Waals surface area contributed by atoms with Gasteiger partial charge in [-0.25, -0.2) is 0 Å². The zero-order chi connectivity index (χ0) is 12.8. The fourth-order valence-electron chi connectivity index (χ4n) is 2.27. The first-order valence-electron chi connectivity index (χ1n) is 6.41. The molecule has 3 nitrogen and oxygen atoms in total. The molecule has 0 atom stereocenters. The van der Waals surface area contributed by atoms with Gasteiger partial charge in [0.25, 0.3) is 0 Å². The molecule has 1 amide bonds. The van der Waals surface area contributed by atoms with E-state index in [9.17, 15) is 4.79 Å².